The Morgan fingerprint density at radius 3 is 2.78 bits per heavy atom. The molecule has 162 valence electrons. The van der Waals surface area contributed by atoms with E-state index >= 15 is 0 Å². The Morgan fingerprint density at radius 2 is 2.12 bits per heavy atom. The topological polar surface area (TPSA) is 135 Å². The van der Waals surface area contributed by atoms with Gasteiger partial charge < -0.3 is 4.74 Å². The van der Waals surface area contributed by atoms with E-state index in [9.17, 15) is 14.9 Å². The summed E-state index contributed by atoms with van der Waals surface area (Å²) in [4.78, 5) is 27.4. The summed E-state index contributed by atoms with van der Waals surface area (Å²) < 4.78 is 4.80. The third-order valence-electron chi connectivity index (χ3n) is 3.96. The van der Waals surface area contributed by atoms with Crippen LogP contribution in [0.15, 0.2) is 52.0 Å². The Morgan fingerprint density at radius 1 is 1.34 bits per heavy atom. The van der Waals surface area contributed by atoms with Gasteiger partial charge in [0.25, 0.3) is 5.69 Å². The van der Waals surface area contributed by atoms with Gasteiger partial charge in [-0.1, -0.05) is 29.3 Å². The van der Waals surface area contributed by atoms with Gasteiger partial charge >= 0.3 is 5.97 Å². The van der Waals surface area contributed by atoms with Crippen LogP contribution in [0.4, 0.5) is 5.69 Å². The highest BCUT2D eigenvalue weighted by molar-refractivity contribution is 7.99. The molecule has 0 radical (unpaired) electrons. The van der Waals surface area contributed by atoms with Crippen molar-refractivity contribution in [3.8, 4) is 17.5 Å². The molecule has 3 rings (SSSR count). The second kappa shape index (κ2) is 10.3. The molecule has 0 bridgehead atoms. The molecule has 0 fully saturated rings. The molecule has 0 aliphatic carbocycles. The predicted octanol–water partition coefficient (Wildman–Crippen LogP) is 5.31. The first-order valence-corrected chi connectivity index (χ1v) is 10.5. The number of hydrogen-bond acceptors (Lipinski definition) is 8. The van der Waals surface area contributed by atoms with Crippen LogP contribution in [0, 0.1) is 21.4 Å². The molecule has 12 heteroatoms. The smallest absolute Gasteiger partial charge is 0.348 e. The molecule has 1 heterocycles. The molecule has 0 aliphatic heterocycles. The number of carbonyl (C=O) groups is 1. The average molecular weight is 490 g/mol. The highest BCUT2D eigenvalue weighted by Crippen LogP contribution is 2.35. The molecule has 0 saturated heterocycles. The Labute approximate surface area is 196 Å². The number of rotatable bonds is 7. The lowest BCUT2D eigenvalue weighted by molar-refractivity contribution is -0.387. The largest absolute Gasteiger partial charge is 0.462 e. The lowest BCUT2D eigenvalue weighted by Gasteiger charge is -2.03. The maximum Gasteiger partial charge on any atom is 0.348 e. The van der Waals surface area contributed by atoms with Gasteiger partial charge in [-0.15, -0.1) is 5.10 Å². The summed E-state index contributed by atoms with van der Waals surface area (Å²) >= 11 is 13.1. The molecule has 0 amide bonds. The van der Waals surface area contributed by atoms with Crippen molar-refractivity contribution in [1.82, 2.24) is 15.2 Å². The van der Waals surface area contributed by atoms with E-state index in [-0.39, 0.29) is 27.9 Å². The summed E-state index contributed by atoms with van der Waals surface area (Å²) in [5, 5.41) is 28.7. The van der Waals surface area contributed by atoms with Crippen molar-refractivity contribution in [1.29, 1.82) is 5.26 Å². The Kier molecular flexibility index (Phi) is 7.48. The molecular formula is C20H13Cl2N5O4S. The lowest BCUT2D eigenvalue weighted by Crippen LogP contribution is -2.06. The zero-order valence-corrected chi connectivity index (χ0v) is 18.7. The van der Waals surface area contributed by atoms with Gasteiger partial charge in [-0.2, -0.15) is 5.26 Å². The van der Waals surface area contributed by atoms with Crippen LogP contribution in [0.3, 0.4) is 0 Å². The zero-order chi connectivity index (χ0) is 23.3. The molecule has 1 N–H and O–H groups in total. The molecule has 0 saturated carbocycles. The molecule has 3 aromatic rings. The maximum absolute atomic E-state index is 11.8. The number of ether oxygens (including phenoxy) is 1. The standard InChI is InChI=1S/C20H13Cl2N5O4S/c1-2-31-19(28)12(10-23)7-11-3-6-17(16(8-11)27(29)30)32-20-24-18(25-26-20)14-5-4-13(21)9-15(14)22/h3-9H,2H2,1H3,(H,24,25,26)/b12-7+. The number of halogens is 2. The van der Waals surface area contributed by atoms with Crippen LogP contribution in [0.5, 0.6) is 0 Å². The van der Waals surface area contributed by atoms with Crippen LogP contribution in [-0.4, -0.2) is 32.7 Å². The Bertz CT molecular complexity index is 1270. The number of benzene rings is 2. The van der Waals surface area contributed by atoms with Crippen molar-refractivity contribution in [2.24, 2.45) is 0 Å². The minimum atomic E-state index is -0.801. The summed E-state index contributed by atoms with van der Waals surface area (Å²) in [5.41, 5.74) is 0.378. The van der Waals surface area contributed by atoms with Gasteiger partial charge in [0, 0.05) is 16.7 Å². The molecule has 0 aliphatic rings. The molecular weight excluding hydrogens is 477 g/mol. The number of carbonyl (C=O) groups excluding carboxylic acids is 1. The van der Waals surface area contributed by atoms with Gasteiger partial charge in [0.1, 0.15) is 11.6 Å². The van der Waals surface area contributed by atoms with E-state index in [1.54, 1.807) is 31.2 Å². The van der Waals surface area contributed by atoms with Crippen molar-refractivity contribution < 1.29 is 14.5 Å². The summed E-state index contributed by atoms with van der Waals surface area (Å²) in [5.74, 6) is -0.422. The van der Waals surface area contributed by atoms with Gasteiger partial charge in [0.2, 0.25) is 5.16 Å². The monoisotopic (exact) mass is 489 g/mol. The van der Waals surface area contributed by atoms with Crippen LogP contribution < -0.4 is 0 Å². The third kappa shape index (κ3) is 5.45. The van der Waals surface area contributed by atoms with Crippen LogP contribution >= 0.6 is 35.0 Å². The third-order valence-corrected chi connectivity index (χ3v) is 5.44. The lowest BCUT2D eigenvalue weighted by atomic mass is 10.1. The highest BCUT2D eigenvalue weighted by Gasteiger charge is 2.19. The van der Waals surface area contributed by atoms with E-state index in [0.29, 0.717) is 27.0 Å². The Hall–Kier alpha value is -3.39. The number of aromatic amines is 1. The van der Waals surface area contributed by atoms with E-state index in [2.05, 4.69) is 15.2 Å². The van der Waals surface area contributed by atoms with Crippen molar-refractivity contribution in [2.45, 2.75) is 17.0 Å². The number of esters is 1. The van der Waals surface area contributed by atoms with Gasteiger partial charge in [0.05, 0.1) is 21.4 Å². The number of aromatic nitrogens is 3. The minimum Gasteiger partial charge on any atom is -0.462 e. The van der Waals surface area contributed by atoms with Crippen molar-refractivity contribution in [3.05, 3.63) is 67.7 Å². The highest BCUT2D eigenvalue weighted by atomic mass is 35.5. The van der Waals surface area contributed by atoms with Gasteiger partial charge in [0.15, 0.2) is 5.82 Å². The molecule has 9 nitrogen and oxygen atoms in total. The van der Waals surface area contributed by atoms with E-state index in [0.717, 1.165) is 11.8 Å². The SMILES string of the molecule is CCOC(=O)/C(C#N)=C/c1ccc(Sc2n[nH]c(-c3ccc(Cl)cc3Cl)n2)c([N+](=O)[O-])c1. The number of nitro benzene ring substituents is 1. The maximum atomic E-state index is 11.8. The number of hydrogen-bond donors (Lipinski definition) is 1. The number of nitrogens with zero attached hydrogens (tertiary/aromatic N) is 4. The summed E-state index contributed by atoms with van der Waals surface area (Å²) in [6.07, 6.45) is 1.23. The minimum absolute atomic E-state index is 0.105. The van der Waals surface area contributed by atoms with Gasteiger partial charge in [-0.05, 0) is 54.6 Å². The molecule has 32 heavy (non-hydrogen) atoms. The van der Waals surface area contributed by atoms with Crippen molar-refractivity contribution in [3.63, 3.8) is 0 Å². The second-order valence-electron chi connectivity index (χ2n) is 6.07. The summed E-state index contributed by atoms with van der Waals surface area (Å²) in [7, 11) is 0. The van der Waals surface area contributed by atoms with Gasteiger partial charge in [-0.3, -0.25) is 15.2 Å². The fraction of sp³-hybridized carbons (Fsp3) is 0.100. The fourth-order valence-corrected chi connectivity index (χ4v) is 3.85. The molecule has 0 unspecified atom stereocenters. The normalized spacial score (nSPS) is 11.1. The van der Waals surface area contributed by atoms with E-state index in [1.807, 2.05) is 0 Å². The van der Waals surface area contributed by atoms with Crippen LogP contribution in [0.25, 0.3) is 17.5 Å². The first-order chi connectivity index (χ1) is 15.3. The first-order valence-electron chi connectivity index (χ1n) is 8.95. The number of nitro groups is 1. The van der Waals surface area contributed by atoms with E-state index in [4.69, 9.17) is 33.2 Å². The van der Waals surface area contributed by atoms with Crippen molar-refractivity contribution in [2.75, 3.05) is 6.61 Å². The van der Waals surface area contributed by atoms with Crippen LogP contribution in [-0.2, 0) is 9.53 Å². The quantitative estimate of drug-likeness (QED) is 0.155. The fourth-order valence-electron chi connectivity index (χ4n) is 2.56. The second-order valence-corrected chi connectivity index (χ2v) is 7.92. The molecule has 0 atom stereocenters. The molecule has 2 aromatic carbocycles. The van der Waals surface area contributed by atoms with E-state index in [1.165, 1.54) is 24.3 Å². The summed E-state index contributed by atoms with van der Waals surface area (Å²) in [6, 6.07) is 10.9. The molecule has 1 aromatic heterocycles. The Balaban J connectivity index is 1.89. The first kappa shape index (κ1) is 23.3. The number of H-pyrrole nitrogens is 1. The van der Waals surface area contributed by atoms with Crippen molar-refractivity contribution >= 4 is 52.7 Å². The predicted molar refractivity (Wildman–Crippen MR) is 119 cm³/mol. The van der Waals surface area contributed by atoms with Crippen LogP contribution in [0.1, 0.15) is 12.5 Å². The number of nitriles is 1. The average Bonchev–Trinajstić information content (AvgIpc) is 3.21. The zero-order valence-electron chi connectivity index (χ0n) is 16.3. The van der Waals surface area contributed by atoms with Gasteiger partial charge in [-0.25, -0.2) is 9.78 Å². The number of nitrogens with one attached hydrogen (secondary N) is 1. The molecule has 0 spiro atoms. The van der Waals surface area contributed by atoms with E-state index < -0.39 is 10.9 Å². The van der Waals surface area contributed by atoms with Crippen LogP contribution in [0.2, 0.25) is 10.0 Å². The summed E-state index contributed by atoms with van der Waals surface area (Å²) in [6.45, 7) is 1.71.